The van der Waals surface area contributed by atoms with Crippen LogP contribution in [-0.4, -0.2) is 4.98 Å². The summed E-state index contributed by atoms with van der Waals surface area (Å²) in [6.45, 7) is 6.40. The van der Waals surface area contributed by atoms with Crippen molar-refractivity contribution in [2.45, 2.75) is 59.7 Å². The number of pyridine rings is 1. The van der Waals surface area contributed by atoms with Crippen LogP contribution in [0.5, 0.6) is 0 Å². The summed E-state index contributed by atoms with van der Waals surface area (Å²) in [5, 5.41) is 6.68. The monoisotopic (exact) mass is 501 g/mol. The van der Waals surface area contributed by atoms with Crippen molar-refractivity contribution >= 4 is 43.5 Å². The van der Waals surface area contributed by atoms with E-state index < -0.39 is 12.7 Å². The molecule has 38 heavy (non-hydrogen) atoms. The first-order chi connectivity index (χ1) is 19.7. The van der Waals surface area contributed by atoms with Crippen LogP contribution in [0.4, 0.5) is 0 Å². The lowest BCUT2D eigenvalue weighted by molar-refractivity contribution is 0.0967. The number of aromatic nitrogens is 1. The summed E-state index contributed by atoms with van der Waals surface area (Å²) in [5.41, 5.74) is 3.49. The van der Waals surface area contributed by atoms with E-state index in [-0.39, 0.29) is 16.4 Å². The molecule has 1 fully saturated rings. The van der Waals surface area contributed by atoms with Gasteiger partial charge in [0, 0.05) is 28.0 Å². The molecule has 2 aromatic heterocycles. The molecule has 0 bridgehead atoms. The molecule has 6 aromatic rings. The fourth-order valence-electron chi connectivity index (χ4n) is 7.22. The molecule has 2 nitrogen and oxygen atoms in total. The predicted molar refractivity (Wildman–Crippen MR) is 161 cm³/mol. The van der Waals surface area contributed by atoms with Crippen LogP contribution in [0, 0.1) is 17.7 Å². The lowest BCUT2D eigenvalue weighted by Gasteiger charge is -2.45. The van der Waals surface area contributed by atoms with Crippen LogP contribution in [0.15, 0.2) is 83.4 Å². The van der Waals surface area contributed by atoms with Crippen LogP contribution < -0.4 is 0 Å². The summed E-state index contributed by atoms with van der Waals surface area (Å²) in [5.74, 6) is -1.05. The third-order valence-corrected chi connectivity index (χ3v) is 8.26. The maximum Gasteiger partial charge on any atom is 0.144 e. The Morgan fingerprint density at radius 3 is 2.39 bits per heavy atom. The van der Waals surface area contributed by atoms with Crippen molar-refractivity contribution in [1.82, 2.24) is 4.98 Å². The van der Waals surface area contributed by atoms with Gasteiger partial charge in [-0.15, -0.1) is 0 Å². The molecular formula is C36H35NO. The van der Waals surface area contributed by atoms with E-state index in [4.69, 9.17) is 8.53 Å². The number of hydrogen-bond donors (Lipinski definition) is 0. The highest BCUT2D eigenvalue weighted by Crippen LogP contribution is 2.52. The first kappa shape index (κ1) is 19.4. The summed E-state index contributed by atoms with van der Waals surface area (Å²) >= 11 is 0. The second-order valence-corrected chi connectivity index (χ2v) is 12.7. The van der Waals surface area contributed by atoms with Gasteiger partial charge in [-0.05, 0) is 99.8 Å². The Labute approximate surface area is 230 Å². The van der Waals surface area contributed by atoms with Crippen molar-refractivity contribution in [2.75, 3.05) is 0 Å². The summed E-state index contributed by atoms with van der Waals surface area (Å²) in [4.78, 5) is 4.69. The smallest absolute Gasteiger partial charge is 0.144 e. The first-order valence-corrected chi connectivity index (χ1v) is 13.5. The van der Waals surface area contributed by atoms with E-state index in [0.717, 1.165) is 44.7 Å². The highest BCUT2D eigenvalue weighted by molar-refractivity contribution is 6.17. The van der Waals surface area contributed by atoms with Gasteiger partial charge in [-0.3, -0.25) is 4.98 Å². The van der Waals surface area contributed by atoms with Crippen LogP contribution in [0.3, 0.4) is 0 Å². The highest BCUT2D eigenvalue weighted by Gasteiger charge is 2.39. The van der Waals surface area contributed by atoms with E-state index in [2.05, 4.69) is 87.3 Å². The van der Waals surface area contributed by atoms with Gasteiger partial charge < -0.3 is 4.42 Å². The third-order valence-electron chi connectivity index (χ3n) is 8.26. The molecule has 0 radical (unpaired) electrons. The van der Waals surface area contributed by atoms with Crippen molar-refractivity contribution in [3.8, 4) is 11.3 Å². The van der Waals surface area contributed by atoms with Crippen LogP contribution >= 0.6 is 0 Å². The number of aryl methyl sites for hydroxylation is 1. The van der Waals surface area contributed by atoms with E-state index in [0.29, 0.717) is 24.1 Å². The lowest BCUT2D eigenvalue weighted by atomic mass is 9.60. The molecule has 4 aromatic carbocycles. The Kier molecular flexibility index (Phi) is 4.18. The van der Waals surface area contributed by atoms with E-state index in [9.17, 15) is 1.37 Å². The highest BCUT2D eigenvalue weighted by atomic mass is 16.3. The van der Waals surface area contributed by atoms with Gasteiger partial charge in [0.15, 0.2) is 0 Å². The summed E-state index contributed by atoms with van der Waals surface area (Å²) in [7, 11) is 0. The van der Waals surface area contributed by atoms with Gasteiger partial charge in [-0.25, -0.2) is 0 Å². The van der Waals surface area contributed by atoms with Crippen molar-refractivity contribution < 1.29 is 9.90 Å². The Bertz CT molecular complexity index is 2020. The minimum Gasteiger partial charge on any atom is -0.455 e. The van der Waals surface area contributed by atoms with Crippen molar-refractivity contribution in [2.24, 2.45) is 10.8 Å². The van der Waals surface area contributed by atoms with Crippen LogP contribution in [0.25, 0.3) is 54.7 Å². The quantitative estimate of drug-likeness (QED) is 0.221. The van der Waals surface area contributed by atoms with E-state index in [1.54, 1.807) is 0 Å². The maximum absolute atomic E-state index is 9.75. The number of furan rings is 1. The Hall–Kier alpha value is -3.65. The second kappa shape index (κ2) is 8.17. The average molecular weight is 502 g/mol. The standard InChI is InChI=1S/C36H35NO/c1-22-20-37-32(16-29(22)25-18-35(2,3)21-36(4,5)19-25)28-12-8-11-27-31-15-24-14-13-23-9-6-7-10-26(23)30(24)17-33(31)38-34(27)28/h6-17,20,25H,18-19,21H2,1-5H3/i1D3,25D. The third kappa shape index (κ3) is 3.81. The SMILES string of the molecule is [2H]C([2H])([2H])c1cnc(-c2cccc3c2oc2cc4c(ccc5ccccc54)cc23)cc1C1([2H])CC(C)(C)CC(C)(C)C1. The normalized spacial score (nSPS) is 20.3. The maximum atomic E-state index is 9.75. The molecule has 0 spiro atoms. The molecular weight excluding hydrogens is 462 g/mol. The molecule has 1 aliphatic rings. The van der Waals surface area contributed by atoms with Crippen molar-refractivity contribution in [3.63, 3.8) is 0 Å². The van der Waals surface area contributed by atoms with Gasteiger partial charge in [-0.2, -0.15) is 0 Å². The van der Waals surface area contributed by atoms with Gasteiger partial charge in [0.05, 0.1) is 5.69 Å². The van der Waals surface area contributed by atoms with Crippen molar-refractivity contribution in [1.29, 1.82) is 0 Å². The minimum atomic E-state index is -2.37. The molecule has 190 valence electrons. The van der Waals surface area contributed by atoms with Gasteiger partial charge in [0.2, 0.25) is 0 Å². The zero-order valence-electron chi connectivity index (χ0n) is 26.5. The van der Waals surface area contributed by atoms with Crippen LogP contribution in [0.1, 0.15) is 69.5 Å². The average Bonchev–Trinajstić information content (AvgIpc) is 3.26. The van der Waals surface area contributed by atoms with Crippen LogP contribution in [-0.2, 0) is 0 Å². The van der Waals surface area contributed by atoms with E-state index >= 15 is 0 Å². The summed E-state index contributed by atoms with van der Waals surface area (Å²) < 4.78 is 41.3. The molecule has 2 heterocycles. The molecule has 2 heteroatoms. The van der Waals surface area contributed by atoms with Crippen LogP contribution in [0.2, 0.25) is 0 Å². The number of para-hydroxylation sites is 1. The molecule has 1 aliphatic carbocycles. The minimum absolute atomic E-state index is 0.0934. The topological polar surface area (TPSA) is 26.0 Å². The Balaban J connectivity index is 1.45. The molecule has 7 rings (SSSR count). The van der Waals surface area contributed by atoms with Gasteiger partial charge >= 0.3 is 0 Å². The van der Waals surface area contributed by atoms with Crippen molar-refractivity contribution in [3.05, 3.63) is 90.1 Å². The molecule has 0 unspecified atom stereocenters. The summed E-state index contributed by atoms with van der Waals surface area (Å²) in [6.07, 6.45) is 3.64. The molecule has 0 amide bonds. The lowest BCUT2D eigenvalue weighted by Crippen LogP contribution is -2.33. The van der Waals surface area contributed by atoms with E-state index in [1.165, 1.54) is 17.0 Å². The fourth-order valence-corrected chi connectivity index (χ4v) is 7.22. The summed E-state index contributed by atoms with van der Waals surface area (Å²) in [6, 6.07) is 24.9. The zero-order chi connectivity index (χ0) is 29.7. The Morgan fingerprint density at radius 2 is 1.58 bits per heavy atom. The largest absolute Gasteiger partial charge is 0.455 e. The number of nitrogens with zero attached hydrogens (tertiary/aromatic N) is 1. The Morgan fingerprint density at radius 1 is 0.816 bits per heavy atom. The van der Waals surface area contributed by atoms with Gasteiger partial charge in [-0.1, -0.05) is 76.2 Å². The van der Waals surface area contributed by atoms with Gasteiger partial charge in [0.25, 0.3) is 0 Å². The second-order valence-electron chi connectivity index (χ2n) is 12.7. The fraction of sp³-hybridized carbons (Fsp3) is 0.306. The molecule has 0 atom stereocenters. The predicted octanol–water partition coefficient (Wildman–Crippen LogP) is 10.6. The number of benzene rings is 4. The molecule has 1 saturated carbocycles. The van der Waals surface area contributed by atoms with Gasteiger partial charge in [0.1, 0.15) is 11.2 Å². The number of hydrogen-bond acceptors (Lipinski definition) is 2. The molecule has 0 aliphatic heterocycles. The number of rotatable bonds is 2. The van der Waals surface area contributed by atoms with E-state index in [1.807, 2.05) is 18.2 Å². The molecule has 0 saturated heterocycles. The molecule has 0 N–H and O–H groups in total. The first-order valence-electron chi connectivity index (χ1n) is 15.5. The zero-order valence-corrected chi connectivity index (χ0v) is 22.5. The number of fused-ring (bicyclic) bond motifs is 6.